The molecule has 2 N–H and O–H groups in total. The van der Waals surface area contributed by atoms with Crippen molar-refractivity contribution in [3.8, 4) is 0 Å². The lowest BCUT2D eigenvalue weighted by Gasteiger charge is -2.32. The van der Waals surface area contributed by atoms with Crippen LogP contribution >= 0.6 is 0 Å². The monoisotopic (exact) mass is 387 g/mol. The Balaban J connectivity index is 1.70. The van der Waals surface area contributed by atoms with Crippen molar-refractivity contribution in [1.82, 2.24) is 5.32 Å². The third-order valence-corrected chi connectivity index (χ3v) is 6.47. The predicted molar refractivity (Wildman–Crippen MR) is 108 cm³/mol. The van der Waals surface area contributed by atoms with Crippen molar-refractivity contribution >= 4 is 24.3 Å². The van der Waals surface area contributed by atoms with Crippen molar-refractivity contribution in [3.05, 3.63) is 29.8 Å². The molecule has 0 radical (unpaired) electrons. The van der Waals surface area contributed by atoms with E-state index in [-0.39, 0.29) is 17.7 Å². The summed E-state index contributed by atoms with van der Waals surface area (Å²) < 4.78 is 12.2. The SMILES string of the molecule is CC(C(=O)[C@@H]1CC[C@@H](C(=O)O)CN1)c1cccc(B2OC(C)(C)C(C)(C)O2)c1. The minimum atomic E-state index is -0.804. The fraction of sp³-hybridized carbons (Fsp3) is 0.619. The van der Waals surface area contributed by atoms with Crippen molar-refractivity contribution in [1.29, 1.82) is 0 Å². The molecule has 7 heteroatoms. The second kappa shape index (κ2) is 7.62. The summed E-state index contributed by atoms with van der Waals surface area (Å²) in [5, 5.41) is 12.2. The van der Waals surface area contributed by atoms with Crippen LogP contribution in [-0.2, 0) is 18.9 Å². The Morgan fingerprint density at radius 3 is 2.36 bits per heavy atom. The molecule has 1 unspecified atom stereocenters. The highest BCUT2D eigenvalue weighted by Gasteiger charge is 2.51. The fourth-order valence-corrected chi connectivity index (χ4v) is 3.73. The van der Waals surface area contributed by atoms with E-state index in [2.05, 4.69) is 5.32 Å². The molecule has 2 fully saturated rings. The van der Waals surface area contributed by atoms with Gasteiger partial charge in [-0.15, -0.1) is 0 Å². The standard InChI is InChI=1S/C21H30BNO5/c1-13(18(24)17-10-9-15(12-23-17)19(25)26)14-7-6-8-16(11-14)22-27-20(2,3)21(4,5)28-22/h6-8,11,13,15,17,23H,9-10,12H2,1-5H3,(H,25,26)/t13?,15-,17+/m1/s1. The van der Waals surface area contributed by atoms with E-state index in [4.69, 9.17) is 14.4 Å². The van der Waals surface area contributed by atoms with Gasteiger partial charge in [0.25, 0.3) is 0 Å². The number of benzene rings is 1. The number of carboxylic acids is 1. The Labute approximate surface area is 167 Å². The minimum Gasteiger partial charge on any atom is -0.481 e. The van der Waals surface area contributed by atoms with Gasteiger partial charge < -0.3 is 19.7 Å². The quantitative estimate of drug-likeness (QED) is 0.753. The van der Waals surface area contributed by atoms with Crippen LogP contribution < -0.4 is 10.8 Å². The summed E-state index contributed by atoms with van der Waals surface area (Å²) in [4.78, 5) is 24.0. The summed E-state index contributed by atoms with van der Waals surface area (Å²) in [5.74, 6) is -1.41. The molecule has 1 aromatic carbocycles. The smallest absolute Gasteiger partial charge is 0.481 e. The van der Waals surface area contributed by atoms with Crippen LogP contribution in [-0.4, -0.2) is 47.8 Å². The maximum Gasteiger partial charge on any atom is 0.494 e. The third-order valence-electron chi connectivity index (χ3n) is 6.47. The molecule has 2 saturated heterocycles. The van der Waals surface area contributed by atoms with Gasteiger partial charge >= 0.3 is 13.1 Å². The number of carbonyl (C=O) groups is 2. The Kier molecular flexibility index (Phi) is 5.72. The number of hydrogen-bond acceptors (Lipinski definition) is 5. The molecule has 2 heterocycles. The molecular formula is C21H30BNO5. The first-order valence-corrected chi connectivity index (χ1v) is 9.97. The van der Waals surface area contributed by atoms with Crippen molar-refractivity contribution < 1.29 is 24.0 Å². The summed E-state index contributed by atoms with van der Waals surface area (Å²) >= 11 is 0. The van der Waals surface area contributed by atoms with Gasteiger partial charge in [0.2, 0.25) is 0 Å². The maximum absolute atomic E-state index is 12.9. The Hall–Kier alpha value is -1.70. The number of hydrogen-bond donors (Lipinski definition) is 2. The fourth-order valence-electron chi connectivity index (χ4n) is 3.73. The largest absolute Gasteiger partial charge is 0.494 e. The highest BCUT2D eigenvalue weighted by atomic mass is 16.7. The highest BCUT2D eigenvalue weighted by Crippen LogP contribution is 2.36. The topological polar surface area (TPSA) is 84.9 Å². The molecule has 152 valence electrons. The van der Waals surface area contributed by atoms with Crippen molar-refractivity contribution in [2.24, 2.45) is 5.92 Å². The molecule has 6 nitrogen and oxygen atoms in total. The van der Waals surface area contributed by atoms with Crippen molar-refractivity contribution in [3.63, 3.8) is 0 Å². The van der Waals surface area contributed by atoms with Crippen LogP contribution in [0.3, 0.4) is 0 Å². The molecule has 0 spiro atoms. The van der Waals surface area contributed by atoms with Gasteiger partial charge in [-0.05, 0) is 51.6 Å². The van der Waals surface area contributed by atoms with E-state index in [9.17, 15) is 9.59 Å². The summed E-state index contributed by atoms with van der Waals surface area (Å²) in [6.07, 6.45) is 1.08. The molecule has 3 rings (SSSR count). The van der Waals surface area contributed by atoms with E-state index < -0.39 is 30.2 Å². The third kappa shape index (κ3) is 4.02. The average Bonchev–Trinajstić information content (AvgIpc) is 2.88. The lowest BCUT2D eigenvalue weighted by molar-refractivity contribution is -0.143. The summed E-state index contributed by atoms with van der Waals surface area (Å²) in [6.45, 7) is 10.3. The van der Waals surface area contributed by atoms with E-state index in [1.165, 1.54) is 0 Å². The van der Waals surface area contributed by atoms with Gasteiger partial charge in [0.1, 0.15) is 0 Å². The van der Waals surface area contributed by atoms with Gasteiger partial charge in [-0.1, -0.05) is 31.2 Å². The van der Waals surface area contributed by atoms with E-state index in [1.54, 1.807) is 0 Å². The molecule has 0 aliphatic carbocycles. The molecule has 2 aliphatic heterocycles. The normalized spacial score (nSPS) is 27.4. The van der Waals surface area contributed by atoms with E-state index in [1.807, 2.05) is 58.9 Å². The number of carbonyl (C=O) groups excluding carboxylic acids is 1. The van der Waals surface area contributed by atoms with Gasteiger partial charge in [-0.25, -0.2) is 0 Å². The van der Waals surface area contributed by atoms with Crippen LogP contribution in [0.5, 0.6) is 0 Å². The van der Waals surface area contributed by atoms with Gasteiger partial charge in [0.05, 0.1) is 23.2 Å². The minimum absolute atomic E-state index is 0.0925. The van der Waals surface area contributed by atoms with Crippen LogP contribution in [0.15, 0.2) is 24.3 Å². The van der Waals surface area contributed by atoms with Crippen molar-refractivity contribution in [2.45, 2.75) is 70.6 Å². The van der Waals surface area contributed by atoms with E-state index >= 15 is 0 Å². The summed E-state index contributed by atoms with van der Waals surface area (Å²) in [7, 11) is -0.462. The highest BCUT2D eigenvalue weighted by molar-refractivity contribution is 6.62. The predicted octanol–water partition coefficient (Wildman–Crippen LogP) is 2.11. The molecule has 3 atom stereocenters. The molecule has 0 saturated carbocycles. The molecule has 0 amide bonds. The molecule has 28 heavy (non-hydrogen) atoms. The molecule has 0 aromatic heterocycles. The zero-order chi connectivity index (χ0) is 20.7. The van der Waals surface area contributed by atoms with Gasteiger partial charge in [-0.3, -0.25) is 9.59 Å². The number of ketones is 1. The number of aliphatic carboxylic acids is 1. The molecule has 2 aliphatic rings. The van der Waals surface area contributed by atoms with E-state index in [0.29, 0.717) is 19.4 Å². The number of Topliss-reactive ketones (excluding diaryl/α,β-unsaturated/α-hetero) is 1. The maximum atomic E-state index is 12.9. The Morgan fingerprint density at radius 2 is 1.82 bits per heavy atom. The number of nitrogens with one attached hydrogen (secondary N) is 1. The van der Waals surface area contributed by atoms with Crippen LogP contribution in [0.4, 0.5) is 0 Å². The van der Waals surface area contributed by atoms with Crippen LogP contribution in [0, 0.1) is 5.92 Å². The van der Waals surface area contributed by atoms with E-state index in [0.717, 1.165) is 11.0 Å². The van der Waals surface area contributed by atoms with Crippen molar-refractivity contribution in [2.75, 3.05) is 6.54 Å². The number of rotatable bonds is 5. The van der Waals surface area contributed by atoms with Gasteiger partial charge in [-0.2, -0.15) is 0 Å². The van der Waals surface area contributed by atoms with Crippen LogP contribution in [0.25, 0.3) is 0 Å². The van der Waals surface area contributed by atoms with Gasteiger partial charge in [0.15, 0.2) is 5.78 Å². The molecule has 0 bridgehead atoms. The van der Waals surface area contributed by atoms with Crippen LogP contribution in [0.1, 0.15) is 58.9 Å². The zero-order valence-electron chi connectivity index (χ0n) is 17.3. The first kappa shape index (κ1) is 21.0. The summed E-state index contributed by atoms with van der Waals surface area (Å²) in [5.41, 5.74) is 0.988. The lowest BCUT2D eigenvalue weighted by atomic mass is 9.76. The lowest BCUT2D eigenvalue weighted by Crippen LogP contribution is -2.47. The number of carboxylic acid groups (broad SMARTS) is 1. The molecular weight excluding hydrogens is 357 g/mol. The first-order valence-electron chi connectivity index (χ1n) is 9.97. The zero-order valence-corrected chi connectivity index (χ0v) is 17.3. The molecule has 1 aromatic rings. The second-order valence-corrected chi connectivity index (χ2v) is 8.96. The summed E-state index contributed by atoms with van der Waals surface area (Å²) in [6, 6.07) is 7.51. The number of piperidine rings is 1. The average molecular weight is 387 g/mol. The van der Waals surface area contributed by atoms with Crippen LogP contribution in [0.2, 0.25) is 0 Å². The Bertz CT molecular complexity index is 739. The second-order valence-electron chi connectivity index (χ2n) is 8.96. The Morgan fingerprint density at radius 1 is 1.18 bits per heavy atom. The first-order chi connectivity index (χ1) is 13.0. The van der Waals surface area contributed by atoms with Gasteiger partial charge in [0, 0.05) is 12.5 Å².